The van der Waals surface area contributed by atoms with E-state index in [4.69, 9.17) is 16.3 Å². The highest BCUT2D eigenvalue weighted by atomic mass is 35.5. The fourth-order valence-corrected chi connectivity index (χ4v) is 2.04. The molecule has 1 aromatic heterocycles. The predicted molar refractivity (Wildman–Crippen MR) is 66.1 cm³/mol. The molecule has 0 N–H and O–H groups in total. The number of benzene rings is 1. The smallest absolute Gasteiger partial charge is 0.261 e. The molecule has 0 amide bonds. The summed E-state index contributed by atoms with van der Waals surface area (Å²) in [4.78, 5) is 4.19. The Morgan fingerprint density at radius 3 is 2.84 bits per heavy atom. The largest absolute Gasteiger partial charge is 0.374 e. The molecular weight excluding hydrogens is 281 g/mol. The second-order valence-corrected chi connectivity index (χ2v) is 4.18. The number of halogens is 4. The Bertz CT molecular complexity index is 559. The van der Waals surface area contributed by atoms with Crippen molar-refractivity contribution in [3.63, 3.8) is 0 Å². The number of ether oxygens (including phenoxy) is 1. The maximum absolute atomic E-state index is 13.1. The van der Waals surface area contributed by atoms with E-state index in [1.54, 1.807) is 10.6 Å². The van der Waals surface area contributed by atoms with Gasteiger partial charge in [0.25, 0.3) is 6.43 Å². The molecule has 0 aliphatic heterocycles. The van der Waals surface area contributed by atoms with Crippen molar-refractivity contribution in [1.29, 1.82) is 0 Å². The maximum Gasteiger partial charge on any atom is 0.261 e. The minimum atomic E-state index is -2.49. The van der Waals surface area contributed by atoms with Crippen LogP contribution in [0.15, 0.2) is 18.2 Å². The first-order chi connectivity index (χ1) is 9.11. The first kappa shape index (κ1) is 14.1. The molecule has 3 nitrogen and oxygen atoms in total. The zero-order valence-corrected chi connectivity index (χ0v) is 10.7. The van der Waals surface area contributed by atoms with Gasteiger partial charge in [0.15, 0.2) is 0 Å². The van der Waals surface area contributed by atoms with Crippen molar-refractivity contribution in [1.82, 2.24) is 9.55 Å². The lowest BCUT2D eigenvalue weighted by molar-refractivity contribution is 0.0149. The molecule has 0 bridgehead atoms. The van der Waals surface area contributed by atoms with Crippen LogP contribution in [-0.4, -0.2) is 29.2 Å². The summed E-state index contributed by atoms with van der Waals surface area (Å²) in [6, 6.07) is 4.21. The van der Waals surface area contributed by atoms with Gasteiger partial charge in [0.05, 0.1) is 23.5 Å². The zero-order chi connectivity index (χ0) is 13.8. The molecule has 0 radical (unpaired) electrons. The summed E-state index contributed by atoms with van der Waals surface area (Å²) in [6.45, 7) is -0.133. The lowest BCUT2D eigenvalue weighted by atomic mass is 10.3. The number of alkyl halides is 3. The van der Waals surface area contributed by atoms with Gasteiger partial charge in [0.2, 0.25) is 0 Å². The average Bonchev–Trinajstić information content (AvgIpc) is 2.71. The Morgan fingerprint density at radius 2 is 2.16 bits per heavy atom. The van der Waals surface area contributed by atoms with Gasteiger partial charge in [-0.3, -0.25) is 0 Å². The summed E-state index contributed by atoms with van der Waals surface area (Å²) < 4.78 is 43.5. The molecule has 2 rings (SSSR count). The molecule has 1 heterocycles. The standard InChI is InChI=1S/C12H12ClF3N2O/c13-6-12-17-9-5-8(14)1-2-10(9)18(12)3-4-19-7-11(15)16/h1-2,5,11H,3-4,6-7H2. The van der Waals surface area contributed by atoms with Gasteiger partial charge in [-0.15, -0.1) is 11.6 Å². The molecule has 1 aromatic carbocycles. The number of nitrogens with zero attached hydrogens (tertiary/aromatic N) is 2. The van der Waals surface area contributed by atoms with Gasteiger partial charge in [-0.05, 0) is 12.1 Å². The minimum Gasteiger partial charge on any atom is -0.374 e. The number of rotatable bonds is 6. The highest BCUT2D eigenvalue weighted by Crippen LogP contribution is 2.18. The number of imidazole rings is 1. The molecule has 2 aromatic rings. The van der Waals surface area contributed by atoms with E-state index in [1.165, 1.54) is 12.1 Å². The molecule has 0 fully saturated rings. The van der Waals surface area contributed by atoms with Gasteiger partial charge in [-0.2, -0.15) is 0 Å². The van der Waals surface area contributed by atoms with E-state index in [0.717, 1.165) is 0 Å². The maximum atomic E-state index is 13.1. The van der Waals surface area contributed by atoms with Crippen molar-refractivity contribution in [2.45, 2.75) is 18.9 Å². The van der Waals surface area contributed by atoms with Crippen molar-refractivity contribution in [3.8, 4) is 0 Å². The van der Waals surface area contributed by atoms with E-state index >= 15 is 0 Å². The molecule has 19 heavy (non-hydrogen) atoms. The summed E-state index contributed by atoms with van der Waals surface area (Å²) in [7, 11) is 0. The summed E-state index contributed by atoms with van der Waals surface area (Å²) >= 11 is 5.77. The van der Waals surface area contributed by atoms with E-state index in [1.807, 2.05) is 0 Å². The predicted octanol–water partition coefficient (Wildman–Crippen LogP) is 3.20. The molecule has 0 saturated carbocycles. The monoisotopic (exact) mass is 292 g/mol. The van der Waals surface area contributed by atoms with Gasteiger partial charge in [-0.1, -0.05) is 0 Å². The van der Waals surface area contributed by atoms with Crippen LogP contribution in [0.2, 0.25) is 0 Å². The van der Waals surface area contributed by atoms with E-state index in [-0.39, 0.29) is 18.3 Å². The molecule has 104 valence electrons. The number of aromatic nitrogens is 2. The van der Waals surface area contributed by atoms with E-state index in [2.05, 4.69) is 4.98 Å². The van der Waals surface area contributed by atoms with Gasteiger partial charge < -0.3 is 9.30 Å². The second-order valence-electron chi connectivity index (χ2n) is 3.91. The van der Waals surface area contributed by atoms with Crippen molar-refractivity contribution in [2.75, 3.05) is 13.2 Å². The molecular formula is C12H12ClF3N2O. The van der Waals surface area contributed by atoms with Gasteiger partial charge in [0, 0.05) is 12.6 Å². The lowest BCUT2D eigenvalue weighted by Crippen LogP contribution is -2.12. The molecule has 0 spiro atoms. The number of fused-ring (bicyclic) bond motifs is 1. The first-order valence-corrected chi connectivity index (χ1v) is 6.22. The van der Waals surface area contributed by atoms with E-state index in [0.29, 0.717) is 23.4 Å². The van der Waals surface area contributed by atoms with Crippen molar-refractivity contribution >= 4 is 22.6 Å². The molecule has 0 saturated heterocycles. The molecule has 0 atom stereocenters. The summed E-state index contributed by atoms with van der Waals surface area (Å²) in [5.74, 6) is 0.334. The fraction of sp³-hybridized carbons (Fsp3) is 0.417. The highest BCUT2D eigenvalue weighted by molar-refractivity contribution is 6.16. The average molecular weight is 293 g/mol. The summed E-state index contributed by atoms with van der Waals surface area (Å²) in [5, 5.41) is 0. The van der Waals surface area contributed by atoms with Gasteiger partial charge in [0.1, 0.15) is 18.2 Å². The lowest BCUT2D eigenvalue weighted by Gasteiger charge is -2.08. The minimum absolute atomic E-state index is 0.122. The SMILES string of the molecule is Fc1ccc2c(c1)nc(CCl)n2CCOCC(F)F. The Morgan fingerprint density at radius 1 is 1.37 bits per heavy atom. The van der Waals surface area contributed by atoms with Gasteiger partial charge >= 0.3 is 0 Å². The van der Waals surface area contributed by atoms with Crippen molar-refractivity contribution in [3.05, 3.63) is 29.8 Å². The van der Waals surface area contributed by atoms with Crippen molar-refractivity contribution in [2.24, 2.45) is 0 Å². The number of hydrogen-bond donors (Lipinski definition) is 0. The molecule has 0 unspecified atom stereocenters. The van der Waals surface area contributed by atoms with E-state index < -0.39 is 13.0 Å². The Kier molecular flexibility index (Phi) is 4.66. The van der Waals surface area contributed by atoms with E-state index in [9.17, 15) is 13.2 Å². The topological polar surface area (TPSA) is 27.1 Å². The first-order valence-electron chi connectivity index (χ1n) is 5.68. The third-order valence-electron chi connectivity index (χ3n) is 2.61. The van der Waals surface area contributed by atoms with Crippen LogP contribution in [-0.2, 0) is 17.2 Å². The van der Waals surface area contributed by atoms with Crippen LogP contribution in [0.1, 0.15) is 5.82 Å². The third-order valence-corrected chi connectivity index (χ3v) is 2.85. The van der Waals surface area contributed by atoms with Crippen LogP contribution in [0.3, 0.4) is 0 Å². The summed E-state index contributed by atoms with van der Waals surface area (Å²) in [5.41, 5.74) is 1.20. The highest BCUT2D eigenvalue weighted by Gasteiger charge is 2.11. The molecule has 7 heteroatoms. The molecule has 0 aliphatic carbocycles. The Hall–Kier alpha value is -1.27. The number of hydrogen-bond acceptors (Lipinski definition) is 2. The Balaban J connectivity index is 2.16. The van der Waals surface area contributed by atoms with Crippen LogP contribution in [0.4, 0.5) is 13.2 Å². The summed E-state index contributed by atoms with van der Waals surface area (Å²) in [6.07, 6.45) is -2.49. The third kappa shape index (κ3) is 3.39. The van der Waals surface area contributed by atoms with Crippen LogP contribution in [0.5, 0.6) is 0 Å². The zero-order valence-electron chi connectivity index (χ0n) is 9.95. The Labute approximate surface area is 112 Å². The van der Waals surface area contributed by atoms with Crippen LogP contribution >= 0.6 is 11.6 Å². The quantitative estimate of drug-likeness (QED) is 0.604. The van der Waals surface area contributed by atoms with Crippen molar-refractivity contribution < 1.29 is 17.9 Å². The second kappa shape index (κ2) is 6.25. The fourth-order valence-electron chi connectivity index (χ4n) is 1.83. The van der Waals surface area contributed by atoms with Gasteiger partial charge in [-0.25, -0.2) is 18.2 Å². The van der Waals surface area contributed by atoms with Crippen LogP contribution < -0.4 is 0 Å². The normalized spacial score (nSPS) is 11.6. The van der Waals surface area contributed by atoms with Crippen LogP contribution in [0.25, 0.3) is 11.0 Å². The molecule has 0 aliphatic rings. The van der Waals surface area contributed by atoms with Crippen LogP contribution in [0, 0.1) is 5.82 Å².